The number of aromatic nitrogens is 1. The number of rotatable bonds is 7. The highest BCUT2D eigenvalue weighted by molar-refractivity contribution is 6.26. The first kappa shape index (κ1) is 36.0. The summed E-state index contributed by atoms with van der Waals surface area (Å²) in [5.74, 6) is 0. The monoisotopic (exact) mass is 793 g/mol. The van der Waals surface area contributed by atoms with E-state index in [0.29, 0.717) is 0 Å². The highest BCUT2D eigenvalue weighted by Gasteiger charge is 2.36. The van der Waals surface area contributed by atoms with Gasteiger partial charge in [-0.1, -0.05) is 147 Å². The molecule has 0 saturated carbocycles. The summed E-state index contributed by atoms with van der Waals surface area (Å²) in [5, 5.41) is 7.41. The van der Waals surface area contributed by atoms with Gasteiger partial charge in [-0.3, -0.25) is 0 Å². The van der Waals surface area contributed by atoms with Crippen LogP contribution in [0.25, 0.3) is 60.2 Å². The van der Waals surface area contributed by atoms with Crippen LogP contribution in [0.1, 0.15) is 25.0 Å². The third kappa shape index (κ3) is 5.59. The molecule has 0 atom stereocenters. The smallest absolute Gasteiger partial charge is 0.0583 e. The standard InChI is InChI=1S/C59H43N3/c1-59(2)52-33-32-47(37-51(52)50-35-41-20-15-16-21-42(41)36-53(50)59)61(45-26-11-5-12-27-45)55-38-48(60(43-22-7-3-8-23-43)44-24-9-4-10-25-44)39-56-58(55)57-49-30-18-17-19-40(49)31-34-54(57)62(56)46-28-13-6-14-29-46/h3-39H,1-2H3. The van der Waals surface area contributed by atoms with Crippen LogP contribution in [0.2, 0.25) is 0 Å². The number of benzene rings is 10. The van der Waals surface area contributed by atoms with E-state index in [4.69, 9.17) is 0 Å². The first-order chi connectivity index (χ1) is 30.5. The van der Waals surface area contributed by atoms with Crippen molar-refractivity contribution in [3.05, 3.63) is 236 Å². The van der Waals surface area contributed by atoms with Crippen LogP contribution in [0.3, 0.4) is 0 Å². The Morgan fingerprint density at radius 3 is 1.56 bits per heavy atom. The van der Waals surface area contributed by atoms with E-state index in [0.717, 1.165) is 45.3 Å². The number of nitrogens with zero attached hydrogens (tertiary/aromatic N) is 3. The van der Waals surface area contributed by atoms with E-state index in [1.807, 2.05) is 0 Å². The molecule has 0 spiro atoms. The van der Waals surface area contributed by atoms with Crippen molar-refractivity contribution in [2.24, 2.45) is 0 Å². The maximum absolute atomic E-state index is 2.50. The predicted molar refractivity (Wildman–Crippen MR) is 263 cm³/mol. The van der Waals surface area contributed by atoms with Crippen molar-refractivity contribution in [2.45, 2.75) is 19.3 Å². The number of fused-ring (bicyclic) bond motifs is 9. The van der Waals surface area contributed by atoms with E-state index in [2.05, 4.69) is 253 Å². The van der Waals surface area contributed by atoms with E-state index < -0.39 is 0 Å². The van der Waals surface area contributed by atoms with Crippen molar-refractivity contribution < 1.29 is 0 Å². The molecule has 0 saturated heterocycles. The zero-order valence-electron chi connectivity index (χ0n) is 34.7. The molecule has 12 rings (SSSR count). The SMILES string of the molecule is CC1(C)c2ccc(N(c3ccccc3)c3cc(N(c4ccccc4)c4ccccc4)cc4c3c3c5ccccc5ccc3n4-c3ccccc3)cc2-c2cc3ccccc3cc21. The molecule has 11 aromatic rings. The van der Waals surface area contributed by atoms with E-state index in [-0.39, 0.29) is 5.41 Å². The van der Waals surface area contributed by atoms with Crippen LogP contribution in [0.5, 0.6) is 0 Å². The van der Waals surface area contributed by atoms with Crippen molar-refractivity contribution in [2.75, 3.05) is 9.80 Å². The summed E-state index contributed by atoms with van der Waals surface area (Å²) >= 11 is 0. The number of hydrogen-bond acceptors (Lipinski definition) is 2. The first-order valence-corrected chi connectivity index (χ1v) is 21.5. The van der Waals surface area contributed by atoms with Gasteiger partial charge in [0.1, 0.15) is 0 Å². The molecule has 0 amide bonds. The zero-order chi connectivity index (χ0) is 41.4. The van der Waals surface area contributed by atoms with Gasteiger partial charge in [0.25, 0.3) is 0 Å². The summed E-state index contributed by atoms with van der Waals surface area (Å²) in [5.41, 5.74) is 15.1. The molecule has 0 radical (unpaired) electrons. The van der Waals surface area contributed by atoms with Crippen LogP contribution in [-0.2, 0) is 5.41 Å². The molecule has 0 fully saturated rings. The minimum Gasteiger partial charge on any atom is -0.310 e. The molecule has 62 heavy (non-hydrogen) atoms. The third-order valence-electron chi connectivity index (χ3n) is 13.1. The molecule has 0 aliphatic heterocycles. The van der Waals surface area contributed by atoms with E-state index in [1.165, 1.54) is 60.1 Å². The van der Waals surface area contributed by atoms with Gasteiger partial charge in [-0.15, -0.1) is 0 Å². The number of anilines is 6. The summed E-state index contributed by atoms with van der Waals surface area (Å²) < 4.78 is 2.47. The lowest BCUT2D eigenvalue weighted by Crippen LogP contribution is -2.16. The van der Waals surface area contributed by atoms with Crippen molar-refractivity contribution in [1.29, 1.82) is 0 Å². The summed E-state index contributed by atoms with van der Waals surface area (Å²) in [4.78, 5) is 4.90. The molecule has 1 heterocycles. The number of para-hydroxylation sites is 4. The summed E-state index contributed by atoms with van der Waals surface area (Å²) in [6, 6.07) is 82.3. The average Bonchev–Trinajstić information content (AvgIpc) is 3.78. The lowest BCUT2D eigenvalue weighted by molar-refractivity contribution is 0.661. The lowest BCUT2D eigenvalue weighted by Gasteiger charge is -2.31. The van der Waals surface area contributed by atoms with E-state index in [9.17, 15) is 0 Å². The van der Waals surface area contributed by atoms with E-state index >= 15 is 0 Å². The van der Waals surface area contributed by atoms with Gasteiger partial charge in [-0.05, 0) is 135 Å². The fourth-order valence-corrected chi connectivity index (χ4v) is 10.2. The lowest BCUT2D eigenvalue weighted by atomic mass is 9.82. The molecular weight excluding hydrogens is 751 g/mol. The van der Waals surface area contributed by atoms with Crippen LogP contribution in [0.15, 0.2) is 224 Å². The van der Waals surface area contributed by atoms with Gasteiger partial charge < -0.3 is 14.4 Å². The minimum absolute atomic E-state index is 0.147. The second kappa shape index (κ2) is 14.1. The zero-order valence-corrected chi connectivity index (χ0v) is 34.7. The average molecular weight is 794 g/mol. The first-order valence-electron chi connectivity index (χ1n) is 21.5. The Labute approximate surface area is 362 Å². The van der Waals surface area contributed by atoms with Gasteiger partial charge in [0.15, 0.2) is 0 Å². The summed E-state index contributed by atoms with van der Waals surface area (Å²) in [7, 11) is 0. The molecule has 3 nitrogen and oxygen atoms in total. The van der Waals surface area contributed by atoms with Crippen LogP contribution in [0.4, 0.5) is 34.1 Å². The Morgan fingerprint density at radius 1 is 0.355 bits per heavy atom. The Hall–Kier alpha value is -7.88. The summed E-state index contributed by atoms with van der Waals surface area (Å²) in [6.45, 7) is 4.75. The van der Waals surface area contributed by atoms with Gasteiger partial charge in [-0.25, -0.2) is 0 Å². The maximum Gasteiger partial charge on any atom is 0.0583 e. The quantitative estimate of drug-likeness (QED) is 0.159. The largest absolute Gasteiger partial charge is 0.310 e. The van der Waals surface area contributed by atoms with Gasteiger partial charge in [-0.2, -0.15) is 0 Å². The molecule has 1 aliphatic carbocycles. The van der Waals surface area contributed by atoms with Gasteiger partial charge >= 0.3 is 0 Å². The molecule has 0 bridgehead atoms. The topological polar surface area (TPSA) is 11.4 Å². The summed E-state index contributed by atoms with van der Waals surface area (Å²) in [6.07, 6.45) is 0. The Bertz CT molecular complexity index is 3440. The number of hydrogen-bond donors (Lipinski definition) is 0. The molecule has 1 aliphatic rings. The van der Waals surface area contributed by atoms with Crippen molar-refractivity contribution in [3.8, 4) is 16.8 Å². The van der Waals surface area contributed by atoms with Crippen LogP contribution >= 0.6 is 0 Å². The Morgan fingerprint density at radius 2 is 0.903 bits per heavy atom. The molecular formula is C59H43N3. The second-order valence-electron chi connectivity index (χ2n) is 17.0. The fraction of sp³-hybridized carbons (Fsp3) is 0.0508. The molecule has 0 N–H and O–H groups in total. The molecule has 3 heteroatoms. The van der Waals surface area contributed by atoms with Gasteiger partial charge in [0, 0.05) is 44.6 Å². The maximum atomic E-state index is 2.50. The predicted octanol–water partition coefficient (Wildman–Crippen LogP) is 16.3. The van der Waals surface area contributed by atoms with Gasteiger partial charge in [0.2, 0.25) is 0 Å². The highest BCUT2D eigenvalue weighted by atomic mass is 15.2. The van der Waals surface area contributed by atoms with E-state index in [1.54, 1.807) is 0 Å². The van der Waals surface area contributed by atoms with Crippen LogP contribution < -0.4 is 9.80 Å². The van der Waals surface area contributed by atoms with Crippen molar-refractivity contribution >= 4 is 77.5 Å². The second-order valence-corrected chi connectivity index (χ2v) is 17.0. The molecule has 294 valence electrons. The van der Waals surface area contributed by atoms with Crippen LogP contribution in [-0.4, -0.2) is 4.57 Å². The highest BCUT2D eigenvalue weighted by Crippen LogP contribution is 2.54. The van der Waals surface area contributed by atoms with Crippen molar-refractivity contribution in [3.63, 3.8) is 0 Å². The normalized spacial score (nSPS) is 12.8. The Balaban J connectivity index is 1.23. The molecule has 10 aromatic carbocycles. The molecule has 0 unspecified atom stereocenters. The third-order valence-corrected chi connectivity index (χ3v) is 13.1. The molecule has 1 aromatic heterocycles. The van der Waals surface area contributed by atoms with Gasteiger partial charge in [0.05, 0.1) is 22.4 Å². The minimum atomic E-state index is -0.147. The fourth-order valence-electron chi connectivity index (χ4n) is 10.2. The van der Waals surface area contributed by atoms with Crippen LogP contribution in [0, 0.1) is 0 Å². The Kier molecular flexibility index (Phi) is 8.20. The van der Waals surface area contributed by atoms with Crippen molar-refractivity contribution in [1.82, 2.24) is 4.57 Å².